The number of hydrogen-bond acceptors (Lipinski definition) is 4. The van der Waals surface area contributed by atoms with Crippen LogP contribution in [0.4, 0.5) is 0 Å². The van der Waals surface area contributed by atoms with Gasteiger partial charge < -0.3 is 5.32 Å². The molecule has 0 aromatic carbocycles. The Labute approximate surface area is 163 Å². The van der Waals surface area contributed by atoms with Crippen LogP contribution >= 0.6 is 11.6 Å². The van der Waals surface area contributed by atoms with Crippen LogP contribution in [0.15, 0.2) is 48.9 Å². The smallest absolute Gasteiger partial charge is 0.271 e. The normalized spacial score (nSPS) is 17.1. The highest BCUT2D eigenvalue weighted by molar-refractivity contribution is 6.32. The molecule has 7 heteroatoms. The van der Waals surface area contributed by atoms with Gasteiger partial charge in [0.1, 0.15) is 5.65 Å². The third-order valence-electron chi connectivity index (χ3n) is 5.30. The molecule has 4 rings (SSSR count). The molecule has 0 aliphatic carbocycles. The van der Waals surface area contributed by atoms with E-state index in [2.05, 4.69) is 39.2 Å². The SMILES string of the molecule is C[C@H](c1ccncc1)N1CCC(NC(=O)c2c(Cl)nc3ccccn23)CC1. The van der Waals surface area contributed by atoms with Gasteiger partial charge in [-0.3, -0.25) is 19.1 Å². The van der Waals surface area contributed by atoms with Crippen molar-refractivity contribution in [3.63, 3.8) is 0 Å². The van der Waals surface area contributed by atoms with Crippen molar-refractivity contribution in [3.05, 3.63) is 65.3 Å². The van der Waals surface area contributed by atoms with Gasteiger partial charge in [-0.25, -0.2) is 4.98 Å². The Balaban J connectivity index is 1.39. The lowest BCUT2D eigenvalue weighted by atomic mass is 10.0. The first-order valence-electron chi connectivity index (χ1n) is 9.21. The maximum absolute atomic E-state index is 12.8. The molecule has 1 saturated heterocycles. The maximum atomic E-state index is 12.8. The second kappa shape index (κ2) is 7.66. The summed E-state index contributed by atoms with van der Waals surface area (Å²) in [5.74, 6) is -0.167. The Morgan fingerprint density at radius 1 is 1.22 bits per heavy atom. The molecular formula is C20H22ClN5O. The first kappa shape index (κ1) is 17.9. The molecular weight excluding hydrogens is 362 g/mol. The van der Waals surface area contributed by atoms with Crippen molar-refractivity contribution in [1.82, 2.24) is 24.6 Å². The van der Waals surface area contributed by atoms with E-state index in [1.807, 2.05) is 36.8 Å². The Morgan fingerprint density at radius 2 is 1.96 bits per heavy atom. The van der Waals surface area contributed by atoms with Crippen LogP contribution in [-0.4, -0.2) is 44.3 Å². The van der Waals surface area contributed by atoms with E-state index in [1.165, 1.54) is 5.56 Å². The lowest BCUT2D eigenvalue weighted by Gasteiger charge is -2.36. The minimum Gasteiger partial charge on any atom is -0.348 e. The summed E-state index contributed by atoms with van der Waals surface area (Å²) in [5, 5.41) is 3.37. The third-order valence-corrected chi connectivity index (χ3v) is 5.57. The third kappa shape index (κ3) is 3.68. The van der Waals surface area contributed by atoms with E-state index in [1.54, 1.807) is 4.40 Å². The van der Waals surface area contributed by atoms with E-state index in [0.29, 0.717) is 17.4 Å². The first-order chi connectivity index (χ1) is 13.1. The minimum atomic E-state index is -0.167. The number of pyridine rings is 2. The molecule has 1 N–H and O–H groups in total. The van der Waals surface area contributed by atoms with Gasteiger partial charge in [0.15, 0.2) is 10.8 Å². The van der Waals surface area contributed by atoms with Crippen LogP contribution in [0.1, 0.15) is 41.9 Å². The summed E-state index contributed by atoms with van der Waals surface area (Å²) < 4.78 is 1.73. The molecule has 1 amide bonds. The monoisotopic (exact) mass is 383 g/mol. The predicted octanol–water partition coefficient (Wildman–Crippen LogP) is 3.34. The van der Waals surface area contributed by atoms with Crippen molar-refractivity contribution in [2.75, 3.05) is 13.1 Å². The molecule has 27 heavy (non-hydrogen) atoms. The van der Waals surface area contributed by atoms with Crippen LogP contribution in [0.25, 0.3) is 5.65 Å². The van der Waals surface area contributed by atoms with Crippen molar-refractivity contribution < 1.29 is 4.79 Å². The topological polar surface area (TPSA) is 62.5 Å². The average Bonchev–Trinajstić information content (AvgIpc) is 3.04. The highest BCUT2D eigenvalue weighted by atomic mass is 35.5. The number of halogens is 1. The quantitative estimate of drug-likeness (QED) is 0.750. The average molecular weight is 384 g/mol. The molecule has 4 heterocycles. The summed E-state index contributed by atoms with van der Waals surface area (Å²) in [7, 11) is 0. The van der Waals surface area contributed by atoms with Gasteiger partial charge in [-0.1, -0.05) is 17.7 Å². The number of likely N-dealkylation sites (tertiary alicyclic amines) is 1. The van der Waals surface area contributed by atoms with Crippen LogP contribution in [-0.2, 0) is 0 Å². The van der Waals surface area contributed by atoms with E-state index >= 15 is 0 Å². The summed E-state index contributed by atoms with van der Waals surface area (Å²) in [6.45, 7) is 4.09. The molecule has 140 valence electrons. The Hall–Kier alpha value is -2.44. The van der Waals surface area contributed by atoms with E-state index in [0.717, 1.165) is 25.9 Å². The summed E-state index contributed by atoms with van der Waals surface area (Å²) in [5.41, 5.74) is 2.35. The number of rotatable bonds is 4. The number of fused-ring (bicyclic) bond motifs is 1. The number of carbonyl (C=O) groups excluding carboxylic acids is 1. The molecule has 0 saturated carbocycles. The van der Waals surface area contributed by atoms with Gasteiger partial charge in [0.25, 0.3) is 5.91 Å². The zero-order valence-electron chi connectivity index (χ0n) is 15.2. The van der Waals surface area contributed by atoms with Crippen molar-refractivity contribution in [3.8, 4) is 0 Å². The van der Waals surface area contributed by atoms with Gasteiger partial charge in [-0.2, -0.15) is 0 Å². The molecule has 1 fully saturated rings. The van der Waals surface area contributed by atoms with Crippen molar-refractivity contribution in [1.29, 1.82) is 0 Å². The van der Waals surface area contributed by atoms with Crippen LogP contribution < -0.4 is 5.32 Å². The molecule has 3 aromatic heterocycles. The molecule has 1 aliphatic rings. The maximum Gasteiger partial charge on any atom is 0.271 e. The number of nitrogens with zero attached hydrogens (tertiary/aromatic N) is 4. The van der Waals surface area contributed by atoms with Crippen LogP contribution in [0.5, 0.6) is 0 Å². The van der Waals surface area contributed by atoms with E-state index in [4.69, 9.17) is 11.6 Å². The van der Waals surface area contributed by atoms with Gasteiger partial charge in [0.05, 0.1) is 0 Å². The largest absolute Gasteiger partial charge is 0.348 e. The number of piperidine rings is 1. The highest BCUT2D eigenvalue weighted by Gasteiger charge is 2.26. The van der Waals surface area contributed by atoms with Gasteiger partial charge >= 0.3 is 0 Å². The second-order valence-electron chi connectivity index (χ2n) is 6.92. The van der Waals surface area contributed by atoms with Gasteiger partial charge in [-0.05, 0) is 49.6 Å². The van der Waals surface area contributed by atoms with Crippen LogP contribution in [0.3, 0.4) is 0 Å². The number of amides is 1. The Kier molecular flexibility index (Phi) is 5.09. The van der Waals surface area contributed by atoms with E-state index in [9.17, 15) is 4.79 Å². The van der Waals surface area contributed by atoms with Crippen molar-refractivity contribution in [2.45, 2.75) is 31.8 Å². The Bertz CT molecular complexity index is 934. The number of aromatic nitrogens is 3. The molecule has 0 unspecified atom stereocenters. The molecule has 6 nitrogen and oxygen atoms in total. The second-order valence-corrected chi connectivity index (χ2v) is 7.28. The van der Waals surface area contributed by atoms with Gasteiger partial charge in [-0.15, -0.1) is 0 Å². The van der Waals surface area contributed by atoms with Crippen molar-refractivity contribution in [2.24, 2.45) is 0 Å². The lowest BCUT2D eigenvalue weighted by Crippen LogP contribution is -2.45. The molecule has 0 bridgehead atoms. The first-order valence-corrected chi connectivity index (χ1v) is 9.58. The van der Waals surface area contributed by atoms with Crippen molar-refractivity contribution >= 4 is 23.2 Å². The Morgan fingerprint density at radius 3 is 2.70 bits per heavy atom. The number of imidazole rings is 1. The number of nitrogens with one attached hydrogen (secondary N) is 1. The number of carbonyl (C=O) groups is 1. The van der Waals surface area contributed by atoms with E-state index < -0.39 is 0 Å². The summed E-state index contributed by atoms with van der Waals surface area (Å²) in [6.07, 6.45) is 7.30. The zero-order chi connectivity index (χ0) is 18.8. The standard InChI is InChI=1S/C20H22ClN5O/c1-14(15-5-9-22-10-6-15)25-12-7-16(8-13-25)23-20(27)18-19(21)24-17-4-2-3-11-26(17)18/h2-6,9-11,14,16H,7-8,12-13H2,1H3,(H,23,27)/t14-/m1/s1. The van der Waals surface area contributed by atoms with Gasteiger partial charge in [0.2, 0.25) is 0 Å². The molecule has 0 radical (unpaired) electrons. The zero-order valence-corrected chi connectivity index (χ0v) is 15.9. The summed E-state index contributed by atoms with van der Waals surface area (Å²) >= 11 is 6.21. The molecule has 0 spiro atoms. The number of hydrogen-bond donors (Lipinski definition) is 1. The van der Waals surface area contributed by atoms with Crippen LogP contribution in [0, 0.1) is 0 Å². The fraction of sp³-hybridized carbons (Fsp3) is 0.350. The van der Waals surface area contributed by atoms with Crippen LogP contribution in [0.2, 0.25) is 5.15 Å². The fourth-order valence-corrected chi connectivity index (χ4v) is 3.97. The molecule has 1 atom stereocenters. The summed E-state index contributed by atoms with van der Waals surface area (Å²) in [4.78, 5) is 23.5. The minimum absolute atomic E-state index is 0.142. The molecule has 3 aromatic rings. The predicted molar refractivity (Wildman–Crippen MR) is 105 cm³/mol. The summed E-state index contributed by atoms with van der Waals surface area (Å²) in [6, 6.07) is 10.2. The highest BCUT2D eigenvalue weighted by Crippen LogP contribution is 2.24. The van der Waals surface area contributed by atoms with Gasteiger partial charge in [0, 0.05) is 43.8 Å². The van der Waals surface area contributed by atoms with E-state index in [-0.39, 0.29) is 17.1 Å². The molecule has 1 aliphatic heterocycles. The lowest BCUT2D eigenvalue weighted by molar-refractivity contribution is 0.0890. The fourth-order valence-electron chi connectivity index (χ4n) is 3.71.